The first-order chi connectivity index (χ1) is 10.4. The summed E-state index contributed by atoms with van der Waals surface area (Å²) in [5, 5.41) is 0.0910. The van der Waals surface area contributed by atoms with Crippen LogP contribution in [0.3, 0.4) is 0 Å². The van der Waals surface area contributed by atoms with Gasteiger partial charge in [0.25, 0.3) is 0 Å². The highest BCUT2D eigenvalue weighted by Gasteiger charge is 2.44. The number of benzene rings is 1. The number of sulfone groups is 1. The minimum atomic E-state index is -3.30. The summed E-state index contributed by atoms with van der Waals surface area (Å²) in [5.41, 5.74) is 1.07. The van der Waals surface area contributed by atoms with E-state index in [1.165, 1.54) is 0 Å². The Hall–Kier alpha value is -0.653. The van der Waals surface area contributed by atoms with Crippen LogP contribution in [-0.2, 0) is 14.3 Å². The summed E-state index contributed by atoms with van der Waals surface area (Å²) in [4.78, 5) is 0.410. The van der Waals surface area contributed by atoms with Gasteiger partial charge in [0, 0.05) is 0 Å². The van der Waals surface area contributed by atoms with Gasteiger partial charge in [0.15, 0.2) is 18.2 Å². The fourth-order valence-corrected chi connectivity index (χ4v) is 5.37. The molecule has 130 valence electrons. The van der Waals surface area contributed by atoms with Crippen molar-refractivity contribution in [3.8, 4) is 0 Å². The molecule has 0 amide bonds. The molecule has 1 saturated carbocycles. The van der Waals surface area contributed by atoms with Gasteiger partial charge in [-0.2, -0.15) is 0 Å². The monoisotopic (exact) mass is 354 g/mol. The Kier molecular flexibility index (Phi) is 5.15. The van der Waals surface area contributed by atoms with Crippen LogP contribution in [0.15, 0.2) is 29.2 Å². The lowest BCUT2D eigenvalue weighted by atomic mass is 10.2. The molecule has 1 aliphatic carbocycles. The molecule has 0 radical (unpaired) electrons. The number of hydrogen-bond donors (Lipinski definition) is 0. The number of aryl methyl sites for hydroxylation is 1. The zero-order valence-corrected chi connectivity index (χ0v) is 17.0. The summed E-state index contributed by atoms with van der Waals surface area (Å²) in [6.07, 6.45) is 2.01. The zero-order valence-electron chi connectivity index (χ0n) is 15.2. The first kappa shape index (κ1) is 18.7. The Labute approximate surface area is 142 Å². The van der Waals surface area contributed by atoms with Crippen molar-refractivity contribution in [1.82, 2.24) is 0 Å². The van der Waals surface area contributed by atoms with Crippen LogP contribution >= 0.6 is 0 Å². The maximum atomic E-state index is 12.8. The Morgan fingerprint density at radius 2 is 1.70 bits per heavy atom. The SMILES string of the molecule is Cc1ccc(S(=O)(=O)C[C@@H](O[Si](C)(C)C(C)(C)C)C2CC2)cc1. The lowest BCUT2D eigenvalue weighted by Gasteiger charge is -2.39. The third kappa shape index (κ3) is 4.67. The van der Waals surface area contributed by atoms with Crippen molar-refractivity contribution in [3.63, 3.8) is 0 Å². The molecule has 1 aromatic rings. The van der Waals surface area contributed by atoms with Gasteiger partial charge in [-0.15, -0.1) is 0 Å². The van der Waals surface area contributed by atoms with Crippen LogP contribution in [0.25, 0.3) is 0 Å². The first-order valence-corrected chi connectivity index (χ1v) is 13.0. The standard InChI is InChI=1S/C18H30O3SSi/c1-14-7-11-16(12-8-14)22(19,20)13-17(15-9-10-15)21-23(5,6)18(2,3)4/h7-8,11-12,15,17H,9-10,13H2,1-6H3/t17-/m1/s1. The van der Waals surface area contributed by atoms with E-state index in [0.717, 1.165) is 18.4 Å². The molecular formula is C18H30O3SSi. The smallest absolute Gasteiger partial charge is 0.192 e. The molecule has 0 saturated heterocycles. The average molecular weight is 355 g/mol. The molecular weight excluding hydrogens is 324 g/mol. The van der Waals surface area contributed by atoms with Crippen LogP contribution < -0.4 is 0 Å². The molecule has 1 fully saturated rings. The van der Waals surface area contributed by atoms with E-state index in [9.17, 15) is 8.42 Å². The fraction of sp³-hybridized carbons (Fsp3) is 0.667. The van der Waals surface area contributed by atoms with Crippen LogP contribution in [0.2, 0.25) is 18.1 Å². The fourth-order valence-electron chi connectivity index (χ4n) is 2.35. The van der Waals surface area contributed by atoms with Gasteiger partial charge in [0.05, 0.1) is 16.8 Å². The Morgan fingerprint density at radius 1 is 1.17 bits per heavy atom. The summed E-state index contributed by atoms with van der Waals surface area (Å²) in [5.74, 6) is 0.511. The van der Waals surface area contributed by atoms with Crippen LogP contribution in [-0.4, -0.2) is 28.6 Å². The van der Waals surface area contributed by atoms with Crippen molar-refractivity contribution in [2.45, 2.75) is 69.7 Å². The normalized spacial score (nSPS) is 18.0. The third-order valence-corrected chi connectivity index (χ3v) is 11.4. The summed E-state index contributed by atoms with van der Waals surface area (Å²) in [6.45, 7) is 12.9. The second-order valence-corrected chi connectivity index (χ2v) is 15.1. The lowest BCUT2D eigenvalue weighted by Crippen LogP contribution is -2.46. The van der Waals surface area contributed by atoms with Crippen LogP contribution in [0.1, 0.15) is 39.2 Å². The van der Waals surface area contributed by atoms with E-state index in [1.807, 2.05) is 19.1 Å². The highest BCUT2D eigenvalue weighted by Crippen LogP contribution is 2.42. The molecule has 0 unspecified atom stereocenters. The minimum absolute atomic E-state index is 0.0910. The second kappa shape index (κ2) is 6.34. The molecule has 0 N–H and O–H groups in total. The summed E-state index contributed by atoms with van der Waals surface area (Å²) >= 11 is 0. The Morgan fingerprint density at radius 3 is 2.13 bits per heavy atom. The van der Waals surface area contributed by atoms with Crippen molar-refractivity contribution in [1.29, 1.82) is 0 Å². The second-order valence-electron chi connectivity index (χ2n) is 8.35. The van der Waals surface area contributed by atoms with Gasteiger partial charge in [-0.1, -0.05) is 38.5 Å². The molecule has 0 aliphatic heterocycles. The van der Waals surface area contributed by atoms with Crippen molar-refractivity contribution >= 4 is 18.2 Å². The highest BCUT2D eigenvalue weighted by molar-refractivity contribution is 7.91. The van der Waals surface area contributed by atoms with E-state index < -0.39 is 18.2 Å². The molecule has 0 aromatic heterocycles. The van der Waals surface area contributed by atoms with Gasteiger partial charge in [0.1, 0.15) is 0 Å². The largest absolute Gasteiger partial charge is 0.413 e. The third-order valence-electron chi connectivity index (χ3n) is 5.16. The number of rotatable bonds is 6. The van der Waals surface area contributed by atoms with E-state index in [2.05, 4.69) is 33.9 Å². The Balaban J connectivity index is 2.18. The summed E-state index contributed by atoms with van der Waals surface area (Å²) < 4.78 is 32.0. The molecule has 0 heterocycles. The van der Waals surface area contributed by atoms with Gasteiger partial charge in [-0.3, -0.25) is 0 Å². The molecule has 5 heteroatoms. The van der Waals surface area contributed by atoms with Gasteiger partial charge in [-0.25, -0.2) is 8.42 Å². The molecule has 0 bridgehead atoms. The van der Waals surface area contributed by atoms with Crippen molar-refractivity contribution in [3.05, 3.63) is 29.8 Å². The molecule has 2 rings (SSSR count). The lowest BCUT2D eigenvalue weighted by molar-refractivity contribution is 0.179. The molecule has 23 heavy (non-hydrogen) atoms. The first-order valence-electron chi connectivity index (χ1n) is 8.40. The average Bonchev–Trinajstić information content (AvgIpc) is 3.20. The van der Waals surface area contributed by atoms with E-state index >= 15 is 0 Å². The van der Waals surface area contributed by atoms with Crippen LogP contribution in [0.4, 0.5) is 0 Å². The molecule has 1 aromatic carbocycles. The van der Waals surface area contributed by atoms with Crippen molar-refractivity contribution < 1.29 is 12.8 Å². The molecule has 1 atom stereocenters. The summed E-state index contributed by atoms with van der Waals surface area (Å²) in [6, 6.07) is 7.13. The Bertz CT molecular complexity index is 638. The molecule has 3 nitrogen and oxygen atoms in total. The van der Waals surface area contributed by atoms with Gasteiger partial charge >= 0.3 is 0 Å². The van der Waals surface area contributed by atoms with Crippen LogP contribution in [0.5, 0.6) is 0 Å². The van der Waals surface area contributed by atoms with Gasteiger partial charge in [0.2, 0.25) is 0 Å². The van der Waals surface area contributed by atoms with E-state index in [1.54, 1.807) is 12.1 Å². The molecule has 1 aliphatic rings. The van der Waals surface area contributed by atoms with Crippen LogP contribution in [0, 0.1) is 12.8 Å². The van der Waals surface area contributed by atoms with Crippen molar-refractivity contribution in [2.24, 2.45) is 5.92 Å². The van der Waals surface area contributed by atoms with Gasteiger partial charge in [-0.05, 0) is 55.9 Å². The van der Waals surface area contributed by atoms with E-state index in [0.29, 0.717) is 10.8 Å². The van der Waals surface area contributed by atoms with Gasteiger partial charge < -0.3 is 4.43 Å². The minimum Gasteiger partial charge on any atom is -0.413 e. The zero-order chi connectivity index (χ0) is 17.5. The quantitative estimate of drug-likeness (QED) is 0.703. The predicted octanol–water partition coefficient (Wildman–Crippen LogP) is 4.57. The summed E-state index contributed by atoms with van der Waals surface area (Å²) in [7, 11) is -5.27. The maximum absolute atomic E-state index is 12.8. The van der Waals surface area contributed by atoms with E-state index in [-0.39, 0.29) is 16.9 Å². The topological polar surface area (TPSA) is 43.4 Å². The predicted molar refractivity (Wildman–Crippen MR) is 98.0 cm³/mol. The van der Waals surface area contributed by atoms with E-state index in [4.69, 9.17) is 4.43 Å². The maximum Gasteiger partial charge on any atom is 0.192 e. The van der Waals surface area contributed by atoms with Crippen molar-refractivity contribution in [2.75, 3.05) is 5.75 Å². The molecule has 0 spiro atoms. The highest BCUT2D eigenvalue weighted by atomic mass is 32.2. The number of hydrogen-bond acceptors (Lipinski definition) is 3.